The van der Waals surface area contributed by atoms with Crippen molar-refractivity contribution in [3.8, 4) is 0 Å². The molecule has 0 N–H and O–H groups in total. The summed E-state index contributed by atoms with van der Waals surface area (Å²) in [5.74, 6) is 0. The quantitative estimate of drug-likeness (QED) is 0.219. The van der Waals surface area contributed by atoms with Gasteiger partial charge < -0.3 is 0 Å². The van der Waals surface area contributed by atoms with E-state index in [1.165, 1.54) is 37.9 Å². The van der Waals surface area contributed by atoms with Gasteiger partial charge in [0.15, 0.2) is 0 Å². The molecule has 26 heavy (non-hydrogen) atoms. The molecule has 0 aliphatic rings. The predicted molar refractivity (Wildman–Crippen MR) is 113 cm³/mol. The van der Waals surface area contributed by atoms with Gasteiger partial charge in [0, 0.05) is 21.5 Å². The van der Waals surface area contributed by atoms with Crippen molar-refractivity contribution in [2.75, 3.05) is 0 Å². The molecule has 5 aromatic rings. The first kappa shape index (κ1) is 15.3. The van der Waals surface area contributed by atoms with E-state index in [2.05, 4.69) is 93.6 Å². The Kier molecular flexibility index (Phi) is 3.12. The Balaban J connectivity index is 2.12. The lowest BCUT2D eigenvalue weighted by Crippen LogP contribution is -2.13. The summed E-state index contributed by atoms with van der Waals surface area (Å²) in [7, 11) is 0. The molecule has 0 radical (unpaired) electrons. The molecule has 5 rings (SSSR count). The lowest BCUT2D eigenvalue weighted by atomic mass is 9.81. The lowest BCUT2D eigenvalue weighted by Gasteiger charge is -2.24. The third-order valence-corrected chi connectivity index (χ3v) is 5.31. The number of rotatable bonds is 0. The molecule has 4 aromatic carbocycles. The number of benzene rings is 4. The van der Waals surface area contributed by atoms with Crippen LogP contribution in [-0.4, -0.2) is 4.98 Å². The minimum absolute atomic E-state index is 0.0321. The largest absolute Gasteiger partial charge is 0.246 e. The van der Waals surface area contributed by atoms with Gasteiger partial charge in [-0.3, -0.25) is 0 Å². The zero-order chi connectivity index (χ0) is 17.9. The Morgan fingerprint density at radius 1 is 0.538 bits per heavy atom. The van der Waals surface area contributed by atoms with Gasteiger partial charge in [-0.05, 0) is 21.8 Å². The van der Waals surface area contributed by atoms with E-state index in [4.69, 9.17) is 4.98 Å². The summed E-state index contributed by atoms with van der Waals surface area (Å²) in [6.07, 6.45) is 0. The minimum atomic E-state index is 0.0321. The molecular weight excluding hydrogens is 314 g/mol. The van der Waals surface area contributed by atoms with Crippen molar-refractivity contribution in [2.24, 2.45) is 0 Å². The molecule has 0 atom stereocenters. The van der Waals surface area contributed by atoms with Crippen molar-refractivity contribution in [3.63, 3.8) is 0 Å². The standard InChI is InChI=1S/C25H21N/c1-25(2,3)22-20-14-12-16-8-4-6-10-18(16)23(20)26-24-19-11-7-5-9-17(19)13-15-21(22)24/h4-15H,1-3H3. The van der Waals surface area contributed by atoms with Crippen LogP contribution in [0, 0.1) is 0 Å². The summed E-state index contributed by atoms with van der Waals surface area (Å²) in [5.41, 5.74) is 3.63. The normalized spacial score (nSPS) is 12.4. The highest BCUT2D eigenvalue weighted by atomic mass is 14.7. The maximum atomic E-state index is 5.21. The average molecular weight is 335 g/mol. The van der Waals surface area contributed by atoms with Crippen LogP contribution in [0.5, 0.6) is 0 Å². The van der Waals surface area contributed by atoms with Crippen LogP contribution in [0.25, 0.3) is 43.4 Å². The molecule has 0 saturated heterocycles. The van der Waals surface area contributed by atoms with Gasteiger partial charge in [0.2, 0.25) is 0 Å². The van der Waals surface area contributed by atoms with E-state index < -0.39 is 0 Å². The third kappa shape index (κ3) is 2.13. The van der Waals surface area contributed by atoms with Crippen LogP contribution in [0.4, 0.5) is 0 Å². The second kappa shape index (κ2) is 5.28. The van der Waals surface area contributed by atoms with Crippen LogP contribution in [0.3, 0.4) is 0 Å². The van der Waals surface area contributed by atoms with Gasteiger partial charge >= 0.3 is 0 Å². The fourth-order valence-corrected chi connectivity index (χ4v) is 4.22. The zero-order valence-corrected chi connectivity index (χ0v) is 15.4. The topological polar surface area (TPSA) is 12.9 Å². The number of fused-ring (bicyclic) bond motifs is 6. The third-order valence-electron chi connectivity index (χ3n) is 5.31. The number of nitrogens with zero attached hydrogens (tertiary/aromatic N) is 1. The molecule has 1 heteroatoms. The maximum absolute atomic E-state index is 5.21. The molecule has 1 aromatic heterocycles. The Bertz CT molecular complexity index is 1210. The fraction of sp³-hybridized carbons (Fsp3) is 0.160. The van der Waals surface area contributed by atoms with Gasteiger partial charge in [-0.1, -0.05) is 93.6 Å². The number of aromatic nitrogens is 1. The molecule has 0 aliphatic heterocycles. The molecule has 126 valence electrons. The molecular formula is C25H21N. The van der Waals surface area contributed by atoms with Crippen LogP contribution in [0.1, 0.15) is 26.3 Å². The van der Waals surface area contributed by atoms with Gasteiger partial charge in [-0.15, -0.1) is 0 Å². The van der Waals surface area contributed by atoms with Crippen LogP contribution in [-0.2, 0) is 5.41 Å². The maximum Gasteiger partial charge on any atom is 0.0791 e. The highest BCUT2D eigenvalue weighted by Gasteiger charge is 2.22. The van der Waals surface area contributed by atoms with Crippen LogP contribution in [0.15, 0.2) is 72.8 Å². The van der Waals surface area contributed by atoms with E-state index >= 15 is 0 Å². The van der Waals surface area contributed by atoms with Gasteiger partial charge in [-0.25, -0.2) is 4.98 Å². The molecule has 0 fully saturated rings. The van der Waals surface area contributed by atoms with E-state index in [0.29, 0.717) is 0 Å². The summed E-state index contributed by atoms with van der Waals surface area (Å²) < 4.78 is 0. The second-order valence-electron chi connectivity index (χ2n) is 8.10. The first-order valence-electron chi connectivity index (χ1n) is 9.17. The van der Waals surface area contributed by atoms with Gasteiger partial charge in [0.25, 0.3) is 0 Å². The molecule has 1 heterocycles. The summed E-state index contributed by atoms with van der Waals surface area (Å²) in [5, 5.41) is 7.47. The Labute approximate surface area is 153 Å². The number of hydrogen-bond acceptors (Lipinski definition) is 1. The van der Waals surface area contributed by atoms with Gasteiger partial charge in [0.1, 0.15) is 0 Å². The van der Waals surface area contributed by atoms with E-state index in [0.717, 1.165) is 11.0 Å². The Morgan fingerprint density at radius 3 is 1.46 bits per heavy atom. The Hall–Kier alpha value is -2.93. The minimum Gasteiger partial charge on any atom is -0.246 e. The summed E-state index contributed by atoms with van der Waals surface area (Å²) in [6, 6.07) is 26.1. The molecule has 1 nitrogen and oxygen atoms in total. The highest BCUT2D eigenvalue weighted by molar-refractivity contribution is 6.15. The molecule has 0 aliphatic carbocycles. The smallest absolute Gasteiger partial charge is 0.0791 e. The van der Waals surface area contributed by atoms with E-state index in [-0.39, 0.29) is 5.41 Å². The highest BCUT2D eigenvalue weighted by Crippen LogP contribution is 2.39. The summed E-state index contributed by atoms with van der Waals surface area (Å²) in [4.78, 5) is 5.21. The van der Waals surface area contributed by atoms with Crippen molar-refractivity contribution < 1.29 is 0 Å². The van der Waals surface area contributed by atoms with Crippen LogP contribution >= 0.6 is 0 Å². The Morgan fingerprint density at radius 2 is 1.00 bits per heavy atom. The molecule has 0 unspecified atom stereocenters. The lowest BCUT2D eigenvalue weighted by molar-refractivity contribution is 0.601. The zero-order valence-electron chi connectivity index (χ0n) is 15.4. The molecule has 0 saturated carbocycles. The van der Waals surface area contributed by atoms with Crippen molar-refractivity contribution in [3.05, 3.63) is 78.4 Å². The second-order valence-corrected chi connectivity index (χ2v) is 8.10. The number of pyridine rings is 1. The average Bonchev–Trinajstić information content (AvgIpc) is 2.65. The van der Waals surface area contributed by atoms with E-state index in [1.807, 2.05) is 0 Å². The predicted octanol–water partition coefficient (Wildman–Crippen LogP) is 6.99. The van der Waals surface area contributed by atoms with Crippen molar-refractivity contribution in [2.45, 2.75) is 26.2 Å². The van der Waals surface area contributed by atoms with Crippen molar-refractivity contribution >= 4 is 43.4 Å². The van der Waals surface area contributed by atoms with Crippen LogP contribution < -0.4 is 0 Å². The number of hydrogen-bond donors (Lipinski definition) is 0. The molecule has 0 bridgehead atoms. The van der Waals surface area contributed by atoms with Crippen LogP contribution in [0.2, 0.25) is 0 Å². The van der Waals surface area contributed by atoms with Crippen molar-refractivity contribution in [1.82, 2.24) is 4.98 Å². The SMILES string of the molecule is CC(C)(C)c1c2ccc3ccccc3c2nc2c1ccc1ccccc12. The first-order valence-corrected chi connectivity index (χ1v) is 9.17. The first-order chi connectivity index (χ1) is 12.5. The molecule has 0 amide bonds. The summed E-state index contributed by atoms with van der Waals surface area (Å²) in [6.45, 7) is 6.89. The van der Waals surface area contributed by atoms with Gasteiger partial charge in [0.05, 0.1) is 11.0 Å². The van der Waals surface area contributed by atoms with E-state index in [1.54, 1.807) is 0 Å². The van der Waals surface area contributed by atoms with E-state index in [9.17, 15) is 0 Å². The summed E-state index contributed by atoms with van der Waals surface area (Å²) >= 11 is 0. The molecule has 0 spiro atoms. The van der Waals surface area contributed by atoms with Gasteiger partial charge in [-0.2, -0.15) is 0 Å². The van der Waals surface area contributed by atoms with Crippen molar-refractivity contribution in [1.29, 1.82) is 0 Å². The monoisotopic (exact) mass is 335 g/mol. The fourth-order valence-electron chi connectivity index (χ4n) is 4.22.